The maximum atomic E-state index is 14.8. The van der Waals surface area contributed by atoms with Crippen molar-refractivity contribution in [3.05, 3.63) is 71.8 Å². The van der Waals surface area contributed by atoms with Crippen molar-refractivity contribution in [1.82, 2.24) is 47.0 Å². The Hall–Kier alpha value is -5.98. The summed E-state index contributed by atoms with van der Waals surface area (Å²) in [6, 6.07) is 8.17. The minimum atomic E-state index is -1.24. The van der Waals surface area contributed by atoms with E-state index in [-0.39, 0.29) is 50.6 Å². The highest BCUT2D eigenvalue weighted by molar-refractivity contribution is 7.98. The molecule has 18 nitrogen and oxygen atoms in total. The van der Waals surface area contributed by atoms with Crippen LogP contribution >= 0.6 is 11.8 Å². The Labute approximate surface area is 447 Å². The van der Waals surface area contributed by atoms with Gasteiger partial charge in [0.2, 0.25) is 53.2 Å². The van der Waals surface area contributed by atoms with E-state index in [2.05, 4.69) is 37.2 Å². The van der Waals surface area contributed by atoms with Gasteiger partial charge in [0.15, 0.2) is 0 Å². The molecule has 0 aliphatic carbocycles. The Morgan fingerprint density at radius 3 is 1.45 bits per heavy atom. The lowest BCUT2D eigenvalue weighted by atomic mass is 9.95. The van der Waals surface area contributed by atoms with E-state index in [1.807, 2.05) is 89.4 Å². The summed E-state index contributed by atoms with van der Waals surface area (Å²) in [5, 5.41) is 20.3. The molecule has 11 unspecified atom stereocenters. The summed E-state index contributed by atoms with van der Waals surface area (Å²) in [7, 11) is 0. The van der Waals surface area contributed by atoms with E-state index in [0.29, 0.717) is 49.8 Å². The van der Waals surface area contributed by atoms with Gasteiger partial charge in [-0.3, -0.25) is 43.2 Å². The molecule has 0 saturated carbocycles. The van der Waals surface area contributed by atoms with Crippen molar-refractivity contribution in [3.63, 3.8) is 0 Å². The highest BCUT2D eigenvalue weighted by Crippen LogP contribution is 2.27. The number of nitrogens with zero attached hydrogens (tertiary/aromatic N) is 2. The van der Waals surface area contributed by atoms with Crippen LogP contribution in [0, 0.1) is 23.7 Å². The van der Waals surface area contributed by atoms with Gasteiger partial charge in [0.1, 0.15) is 54.4 Å². The Bertz CT molecular complexity index is 2290. The van der Waals surface area contributed by atoms with Crippen LogP contribution < -0.4 is 37.2 Å². The average molecular weight is 1060 g/mol. The number of amides is 9. The fraction of sp³-hybridized carbons (Fsp3) is 0.625. The van der Waals surface area contributed by atoms with Crippen molar-refractivity contribution in [1.29, 1.82) is 0 Å². The van der Waals surface area contributed by atoms with E-state index in [0.717, 1.165) is 5.56 Å². The highest BCUT2D eigenvalue weighted by atomic mass is 32.2. The van der Waals surface area contributed by atoms with E-state index in [9.17, 15) is 43.2 Å². The Balaban J connectivity index is 1.60. The second kappa shape index (κ2) is 28.8. The summed E-state index contributed by atoms with van der Waals surface area (Å²) in [5.41, 5.74) is 1.43. The zero-order valence-corrected chi connectivity index (χ0v) is 46.3. The van der Waals surface area contributed by atoms with Crippen molar-refractivity contribution >= 4 is 64.9 Å². The first-order chi connectivity index (χ1) is 35.8. The minimum absolute atomic E-state index is 0.0206. The molecule has 3 aliphatic heterocycles. The predicted molar refractivity (Wildman–Crippen MR) is 289 cm³/mol. The number of hydrogen-bond donors (Lipinski definition) is 7. The van der Waals surface area contributed by atoms with Crippen LogP contribution in [-0.2, 0) is 56.0 Å². The molecule has 3 heterocycles. The molecule has 0 radical (unpaired) electrons. The van der Waals surface area contributed by atoms with Crippen LogP contribution in [0.3, 0.4) is 0 Å². The standard InChI is InChI=1S/C56H83N9O9S/c1-10-35(7)46-54(72)57-39(26-29-75-9)48(66)58-40(30-33(3)4)50(68)63-47(36(8)11-2)56(74)65-28-19-25-44(65)55(73)64-27-18-24-43(64)52(70)60-41(31-37-20-14-12-15-21-37)49(67)59-42(32-38-22-16-13-17-23-38)51(69)61-45(34(5)6)53(71)62-46/h12-17,20-23,33-36,39-47H,10-11,18-19,24-32H2,1-9H3,(H,57,72)(H,58,66)(H,59,67)(H,60,70)(H,61,69)(H,62,71)(H,63,68). The number of carbonyl (C=O) groups is 9. The molecular formula is C56H83N9O9S. The van der Waals surface area contributed by atoms with E-state index in [1.165, 1.54) is 21.6 Å². The van der Waals surface area contributed by atoms with Gasteiger partial charge in [0.05, 0.1) is 0 Å². The molecule has 0 bridgehead atoms. The van der Waals surface area contributed by atoms with E-state index >= 15 is 0 Å². The zero-order chi connectivity index (χ0) is 54.9. The number of nitrogens with one attached hydrogen (secondary N) is 7. The van der Waals surface area contributed by atoms with E-state index in [1.54, 1.807) is 32.9 Å². The second-order valence-electron chi connectivity index (χ2n) is 21.4. The van der Waals surface area contributed by atoms with Gasteiger partial charge < -0.3 is 47.0 Å². The summed E-state index contributed by atoms with van der Waals surface area (Å²) in [5.74, 6) is -6.19. The van der Waals surface area contributed by atoms with Crippen molar-refractivity contribution in [2.75, 3.05) is 25.1 Å². The summed E-state index contributed by atoms with van der Waals surface area (Å²) < 4.78 is 0. The monoisotopic (exact) mass is 1060 g/mol. The maximum Gasteiger partial charge on any atom is 0.246 e. The minimum Gasteiger partial charge on any atom is -0.343 e. The largest absolute Gasteiger partial charge is 0.343 e. The summed E-state index contributed by atoms with van der Waals surface area (Å²) >= 11 is 1.47. The lowest BCUT2D eigenvalue weighted by molar-refractivity contribution is -0.149. The van der Waals surface area contributed by atoms with Gasteiger partial charge in [-0.1, -0.05) is 129 Å². The molecule has 11 atom stereocenters. The molecule has 19 heteroatoms. The molecule has 412 valence electrons. The van der Waals surface area contributed by atoms with Crippen molar-refractivity contribution in [3.8, 4) is 0 Å². The number of rotatable bonds is 14. The van der Waals surface area contributed by atoms with Gasteiger partial charge in [-0.05, 0) is 85.3 Å². The van der Waals surface area contributed by atoms with Crippen LogP contribution in [-0.4, -0.2) is 142 Å². The van der Waals surface area contributed by atoms with Gasteiger partial charge in [-0.25, -0.2) is 0 Å². The van der Waals surface area contributed by atoms with Gasteiger partial charge in [-0.2, -0.15) is 11.8 Å². The number of hydrogen-bond acceptors (Lipinski definition) is 10. The Kier molecular flexibility index (Phi) is 23.0. The zero-order valence-electron chi connectivity index (χ0n) is 45.4. The molecule has 7 N–H and O–H groups in total. The molecule has 2 aromatic rings. The van der Waals surface area contributed by atoms with Crippen molar-refractivity contribution in [2.24, 2.45) is 23.7 Å². The molecule has 0 aromatic heterocycles. The van der Waals surface area contributed by atoms with Crippen LogP contribution in [0.1, 0.15) is 118 Å². The van der Waals surface area contributed by atoms with Gasteiger partial charge in [0.25, 0.3) is 0 Å². The molecule has 5 rings (SSSR count). The SMILES string of the molecule is CCC(C)C1NC(=O)C(C(C)C)NC(=O)C(Cc2ccccc2)NC(=O)C(Cc2ccccc2)NC(=O)C2CCCN2C(=O)C2CCCN2C(=O)C(C(C)CC)NC(=O)C(CC(C)C)NC(=O)C(CCSC)NC1=O. The molecule has 3 aliphatic rings. The van der Waals surface area contributed by atoms with Crippen LogP contribution in [0.25, 0.3) is 0 Å². The predicted octanol–water partition coefficient (Wildman–Crippen LogP) is 3.41. The average Bonchev–Trinajstić information content (AvgIpc) is 4.10. The first kappa shape index (κ1) is 59.9. The number of carbonyl (C=O) groups excluding carboxylic acids is 9. The normalized spacial score (nSPS) is 27.2. The topological polar surface area (TPSA) is 244 Å². The quantitative estimate of drug-likeness (QED) is 0.145. The summed E-state index contributed by atoms with van der Waals surface area (Å²) in [6.07, 6.45) is 4.95. The van der Waals surface area contributed by atoms with Crippen LogP contribution in [0.5, 0.6) is 0 Å². The lowest BCUT2D eigenvalue weighted by Crippen LogP contribution is -2.62. The molecular weight excluding hydrogens is 975 g/mol. The number of fused-ring (bicyclic) bond motifs is 2. The van der Waals surface area contributed by atoms with E-state index < -0.39 is 119 Å². The number of thioether (sulfide) groups is 1. The molecule has 3 fully saturated rings. The molecule has 2 aromatic carbocycles. The van der Waals surface area contributed by atoms with Crippen molar-refractivity contribution < 1.29 is 43.2 Å². The van der Waals surface area contributed by atoms with Crippen LogP contribution in [0.2, 0.25) is 0 Å². The Morgan fingerprint density at radius 1 is 0.493 bits per heavy atom. The molecule has 75 heavy (non-hydrogen) atoms. The third-order valence-corrected chi connectivity index (χ3v) is 15.5. The van der Waals surface area contributed by atoms with Gasteiger partial charge in [0, 0.05) is 25.9 Å². The maximum absolute atomic E-state index is 14.8. The van der Waals surface area contributed by atoms with Gasteiger partial charge >= 0.3 is 0 Å². The first-order valence-electron chi connectivity index (χ1n) is 27.1. The highest BCUT2D eigenvalue weighted by Gasteiger charge is 2.46. The van der Waals surface area contributed by atoms with E-state index in [4.69, 9.17) is 0 Å². The fourth-order valence-corrected chi connectivity index (χ4v) is 10.5. The number of benzene rings is 2. The Morgan fingerprint density at radius 2 is 0.920 bits per heavy atom. The van der Waals surface area contributed by atoms with Crippen LogP contribution in [0.4, 0.5) is 0 Å². The molecule has 9 amide bonds. The molecule has 0 spiro atoms. The van der Waals surface area contributed by atoms with Crippen molar-refractivity contribution in [2.45, 2.75) is 174 Å². The van der Waals surface area contributed by atoms with Gasteiger partial charge in [-0.15, -0.1) is 0 Å². The molecule has 3 saturated heterocycles. The third-order valence-electron chi connectivity index (χ3n) is 14.9. The lowest BCUT2D eigenvalue weighted by Gasteiger charge is -2.35. The van der Waals surface area contributed by atoms with Crippen LogP contribution in [0.15, 0.2) is 60.7 Å². The summed E-state index contributed by atoms with van der Waals surface area (Å²) in [4.78, 5) is 134. The first-order valence-corrected chi connectivity index (χ1v) is 28.5. The fourth-order valence-electron chi connectivity index (χ4n) is 10.0. The summed E-state index contributed by atoms with van der Waals surface area (Å²) in [6.45, 7) is 15.2. The second-order valence-corrected chi connectivity index (χ2v) is 22.4. The third kappa shape index (κ3) is 16.5. The smallest absolute Gasteiger partial charge is 0.246 e.